The van der Waals surface area contributed by atoms with Crippen LogP contribution >= 0.6 is 0 Å². The molecule has 0 unspecified atom stereocenters. The molecule has 13 heteroatoms. The quantitative estimate of drug-likeness (QED) is 0.0770. The molecule has 5 rings (SSSR count). The van der Waals surface area contributed by atoms with Crippen molar-refractivity contribution in [1.82, 2.24) is 25.5 Å². The molecule has 320 valence electrons. The van der Waals surface area contributed by atoms with Gasteiger partial charge in [-0.1, -0.05) is 123 Å². The zero-order valence-corrected chi connectivity index (χ0v) is 36.0. The fourth-order valence-electron chi connectivity index (χ4n) is 7.10. The number of nitrogens with zero attached hydrogens (tertiary/aromatic N) is 3. The summed E-state index contributed by atoms with van der Waals surface area (Å²) < 4.78 is 12.4. The molecule has 0 aliphatic carbocycles. The SMILES string of the molecule is COC(=O)CNC(=O)[C@@H](NC(=O)[C@H](Cc1cn(C(c2ccccc2)(c2ccccc2)c2ccccc2)cn1)NC(=O)[C@H](C)N(C(=O)OC(C)(C)C)c1ccc(C)cc1)C(C)C. The second kappa shape index (κ2) is 20.0. The number of carbonyl (C=O) groups is 5. The molecule has 0 saturated carbocycles. The van der Waals surface area contributed by atoms with E-state index in [-0.39, 0.29) is 6.42 Å². The summed E-state index contributed by atoms with van der Waals surface area (Å²) in [7, 11) is 1.21. The predicted octanol–water partition coefficient (Wildman–Crippen LogP) is 6.32. The fraction of sp³-hybridized carbons (Fsp3) is 0.333. The summed E-state index contributed by atoms with van der Waals surface area (Å²) >= 11 is 0. The Morgan fingerprint density at radius 2 is 1.25 bits per heavy atom. The summed E-state index contributed by atoms with van der Waals surface area (Å²) in [5.41, 5.74) is 2.95. The Morgan fingerprint density at radius 3 is 1.72 bits per heavy atom. The van der Waals surface area contributed by atoms with Gasteiger partial charge in [0.05, 0.1) is 19.1 Å². The highest BCUT2D eigenvalue weighted by atomic mass is 16.6. The van der Waals surface area contributed by atoms with Crippen LogP contribution in [-0.2, 0) is 40.6 Å². The first-order chi connectivity index (χ1) is 29.0. The second-order valence-electron chi connectivity index (χ2n) is 16.2. The van der Waals surface area contributed by atoms with Gasteiger partial charge in [-0.3, -0.25) is 24.1 Å². The van der Waals surface area contributed by atoms with E-state index in [1.165, 1.54) is 12.0 Å². The Bertz CT molecular complexity index is 2160. The Labute approximate surface area is 357 Å². The van der Waals surface area contributed by atoms with Crippen LogP contribution < -0.4 is 20.9 Å². The first-order valence-electron chi connectivity index (χ1n) is 20.3. The molecular formula is C48H56N6O7. The normalized spacial score (nSPS) is 13.0. The lowest BCUT2D eigenvalue weighted by atomic mass is 9.77. The monoisotopic (exact) mass is 828 g/mol. The Morgan fingerprint density at radius 1 is 0.721 bits per heavy atom. The van der Waals surface area contributed by atoms with Crippen molar-refractivity contribution in [2.75, 3.05) is 18.6 Å². The van der Waals surface area contributed by atoms with Crippen LogP contribution in [0.3, 0.4) is 0 Å². The molecule has 0 fully saturated rings. The van der Waals surface area contributed by atoms with Gasteiger partial charge in [0.2, 0.25) is 17.7 Å². The van der Waals surface area contributed by atoms with Crippen molar-refractivity contribution in [1.29, 1.82) is 0 Å². The Hall–Kier alpha value is -6.76. The number of ether oxygens (including phenoxy) is 2. The third kappa shape index (κ3) is 11.1. The number of aryl methyl sites for hydroxylation is 1. The van der Waals surface area contributed by atoms with E-state index in [0.717, 1.165) is 22.3 Å². The highest BCUT2D eigenvalue weighted by Crippen LogP contribution is 2.41. The highest BCUT2D eigenvalue weighted by Gasteiger charge is 2.39. The summed E-state index contributed by atoms with van der Waals surface area (Å²) in [5.74, 6) is -3.01. The second-order valence-corrected chi connectivity index (χ2v) is 16.2. The lowest BCUT2D eigenvalue weighted by Crippen LogP contribution is -2.59. The topological polar surface area (TPSA) is 161 Å². The number of hydrogen-bond donors (Lipinski definition) is 3. The van der Waals surface area contributed by atoms with E-state index in [4.69, 9.17) is 9.72 Å². The van der Waals surface area contributed by atoms with Crippen molar-refractivity contribution in [3.8, 4) is 0 Å². The van der Waals surface area contributed by atoms with Crippen LogP contribution in [0.25, 0.3) is 0 Å². The standard InChI is InChI=1S/C48H56N6O7/c1-32(2)42(45(58)49-29-41(55)60-8)52-44(57)40(51-43(56)34(4)54(46(59)61-47(5,6)7)39-26-24-33(3)25-27-39)28-38-30-53(31-50-38)48(35-18-12-9-13-19-35,36-20-14-10-15-21-36)37-22-16-11-17-23-37/h9-27,30-32,34,40,42H,28-29H2,1-8H3,(H,49,58)(H,51,56)(H,52,57)/t34-,40-,42-/m0/s1. The summed E-state index contributed by atoms with van der Waals surface area (Å²) in [6.07, 6.45) is 2.71. The van der Waals surface area contributed by atoms with Gasteiger partial charge in [-0.2, -0.15) is 0 Å². The molecule has 0 bridgehead atoms. The molecule has 1 aromatic heterocycles. The summed E-state index contributed by atoms with van der Waals surface area (Å²) in [4.78, 5) is 73.8. The number of carbonyl (C=O) groups excluding carboxylic acids is 5. The van der Waals surface area contributed by atoms with Crippen LogP contribution in [0.2, 0.25) is 0 Å². The van der Waals surface area contributed by atoms with Gasteiger partial charge < -0.3 is 30.0 Å². The summed E-state index contributed by atoms with van der Waals surface area (Å²) in [6.45, 7) is 11.8. The number of anilines is 1. The molecule has 13 nitrogen and oxygen atoms in total. The van der Waals surface area contributed by atoms with Crippen molar-refractivity contribution < 1.29 is 33.4 Å². The average molecular weight is 829 g/mol. The van der Waals surface area contributed by atoms with E-state index in [2.05, 4.69) is 57.1 Å². The Kier molecular flexibility index (Phi) is 14.9. The maximum Gasteiger partial charge on any atom is 0.415 e. The molecule has 0 radical (unpaired) electrons. The third-order valence-electron chi connectivity index (χ3n) is 10.2. The van der Waals surface area contributed by atoms with Crippen LogP contribution in [0.15, 0.2) is 128 Å². The fourth-order valence-corrected chi connectivity index (χ4v) is 7.10. The predicted molar refractivity (Wildman–Crippen MR) is 234 cm³/mol. The van der Waals surface area contributed by atoms with E-state index in [0.29, 0.717) is 11.4 Å². The van der Waals surface area contributed by atoms with Gasteiger partial charge in [-0.25, -0.2) is 9.78 Å². The highest BCUT2D eigenvalue weighted by molar-refractivity contribution is 5.99. The van der Waals surface area contributed by atoms with Crippen molar-refractivity contribution in [3.05, 3.63) is 156 Å². The van der Waals surface area contributed by atoms with Crippen LogP contribution in [0, 0.1) is 12.8 Å². The van der Waals surface area contributed by atoms with Gasteiger partial charge in [-0.15, -0.1) is 0 Å². The van der Waals surface area contributed by atoms with Gasteiger partial charge >= 0.3 is 12.1 Å². The molecule has 3 atom stereocenters. The van der Waals surface area contributed by atoms with Crippen molar-refractivity contribution in [3.63, 3.8) is 0 Å². The number of imidazole rings is 1. The molecule has 1 heterocycles. The first kappa shape index (κ1) is 45.3. The smallest absolute Gasteiger partial charge is 0.415 e. The minimum Gasteiger partial charge on any atom is -0.468 e. The molecular weight excluding hydrogens is 773 g/mol. The van der Waals surface area contributed by atoms with Crippen molar-refractivity contribution >= 4 is 35.5 Å². The van der Waals surface area contributed by atoms with Gasteiger partial charge in [0, 0.05) is 18.3 Å². The number of nitrogens with one attached hydrogen (secondary N) is 3. The maximum absolute atomic E-state index is 14.4. The Balaban J connectivity index is 1.56. The molecule has 4 aromatic carbocycles. The number of rotatable bonds is 16. The molecule has 3 N–H and O–H groups in total. The van der Waals surface area contributed by atoms with Crippen molar-refractivity contribution in [2.45, 2.75) is 84.2 Å². The lowest BCUT2D eigenvalue weighted by Gasteiger charge is -2.37. The molecule has 0 aliphatic heterocycles. The summed E-state index contributed by atoms with van der Waals surface area (Å²) in [5, 5.41) is 8.19. The average Bonchev–Trinajstić information content (AvgIpc) is 3.71. The van der Waals surface area contributed by atoms with Gasteiger partial charge in [0.15, 0.2) is 0 Å². The largest absolute Gasteiger partial charge is 0.468 e. The number of methoxy groups -OCH3 is 1. The third-order valence-corrected chi connectivity index (χ3v) is 10.2. The minimum atomic E-state index is -1.29. The lowest BCUT2D eigenvalue weighted by molar-refractivity contribution is -0.141. The zero-order chi connectivity index (χ0) is 44.3. The molecule has 5 aromatic rings. The number of amides is 4. The van der Waals surface area contributed by atoms with Crippen LogP contribution in [-0.4, -0.2) is 76.7 Å². The molecule has 0 spiro atoms. The molecule has 0 aliphatic rings. The van der Waals surface area contributed by atoms with Crippen LogP contribution in [0.1, 0.15) is 69.5 Å². The van der Waals surface area contributed by atoms with Crippen LogP contribution in [0.4, 0.5) is 10.5 Å². The molecule has 4 amide bonds. The number of aromatic nitrogens is 2. The van der Waals surface area contributed by atoms with Crippen LogP contribution in [0.5, 0.6) is 0 Å². The van der Waals surface area contributed by atoms with E-state index in [1.54, 1.807) is 60.0 Å². The number of benzene rings is 4. The number of hydrogen-bond acceptors (Lipinski definition) is 8. The van der Waals surface area contributed by atoms with Crippen molar-refractivity contribution in [2.24, 2.45) is 5.92 Å². The van der Waals surface area contributed by atoms with E-state index in [9.17, 15) is 24.0 Å². The first-order valence-corrected chi connectivity index (χ1v) is 20.3. The number of esters is 1. The van der Waals surface area contributed by atoms with E-state index < -0.39 is 71.5 Å². The van der Waals surface area contributed by atoms with Gasteiger partial charge in [0.1, 0.15) is 35.8 Å². The van der Waals surface area contributed by atoms with E-state index in [1.807, 2.05) is 84.4 Å². The summed E-state index contributed by atoms with van der Waals surface area (Å²) in [6, 6.07) is 33.6. The van der Waals surface area contributed by atoms with Gasteiger partial charge in [0.25, 0.3) is 0 Å². The zero-order valence-electron chi connectivity index (χ0n) is 36.0. The van der Waals surface area contributed by atoms with E-state index >= 15 is 0 Å². The maximum atomic E-state index is 14.4. The molecule has 61 heavy (non-hydrogen) atoms. The minimum absolute atomic E-state index is 0.0999. The van der Waals surface area contributed by atoms with Gasteiger partial charge in [-0.05, 0) is 69.4 Å². The molecule has 0 saturated heterocycles.